The van der Waals surface area contributed by atoms with Gasteiger partial charge in [-0.2, -0.15) is 0 Å². The van der Waals surface area contributed by atoms with Crippen LogP contribution in [0.5, 0.6) is 0 Å². The molecule has 1 N–H and O–H groups in total. The lowest BCUT2D eigenvalue weighted by Gasteiger charge is -2.34. The molecule has 0 unspecified atom stereocenters. The van der Waals surface area contributed by atoms with Gasteiger partial charge in [-0.3, -0.25) is 15.1 Å². The van der Waals surface area contributed by atoms with E-state index in [9.17, 15) is 4.79 Å². The SMILES string of the molecule is CN(C)c1ccc([C@H]2N=c3ccccc3=C3C(=O)NC(SCc4ccccc4)=NN32)cc1. The number of carbonyl (C=O) groups is 1. The number of para-hydroxylation sites is 1. The molecule has 0 spiro atoms. The summed E-state index contributed by atoms with van der Waals surface area (Å²) in [4.78, 5) is 20.2. The number of nitrogens with one attached hydrogen (secondary N) is 1. The van der Waals surface area contributed by atoms with Crippen LogP contribution in [0.15, 0.2) is 89.0 Å². The molecular formula is C25H23N5OS. The molecule has 5 rings (SSSR count). The standard InChI is InChI=1S/C25H23N5OS/c1-29(2)19-14-12-18(13-15-19)23-26-21-11-7-6-10-20(21)22-24(31)27-25(28-30(22)23)32-16-17-8-4-3-5-9-17/h3-15,23H,16H2,1-2H3,(H,27,28,31)/t23-/m0/s1. The van der Waals surface area contributed by atoms with Gasteiger partial charge in [0.25, 0.3) is 5.91 Å². The van der Waals surface area contributed by atoms with Crippen molar-refractivity contribution in [3.05, 3.63) is 101 Å². The van der Waals surface area contributed by atoms with Crippen molar-refractivity contribution < 1.29 is 4.79 Å². The minimum Gasteiger partial charge on any atom is -0.378 e. The number of hydrogen-bond donors (Lipinski definition) is 1. The topological polar surface area (TPSA) is 60.3 Å². The maximum atomic E-state index is 13.2. The fraction of sp³-hybridized carbons (Fsp3) is 0.160. The lowest BCUT2D eigenvalue weighted by Crippen LogP contribution is -2.50. The minimum atomic E-state index is -0.408. The first-order chi connectivity index (χ1) is 15.6. The van der Waals surface area contributed by atoms with E-state index < -0.39 is 6.17 Å². The van der Waals surface area contributed by atoms with Gasteiger partial charge in [0.15, 0.2) is 11.3 Å². The summed E-state index contributed by atoms with van der Waals surface area (Å²) in [5.41, 5.74) is 3.79. The van der Waals surface area contributed by atoms with E-state index in [4.69, 9.17) is 10.1 Å². The van der Waals surface area contributed by atoms with Crippen LogP contribution >= 0.6 is 11.8 Å². The second-order valence-corrected chi connectivity index (χ2v) is 8.80. The number of benzene rings is 3. The van der Waals surface area contributed by atoms with Crippen molar-refractivity contribution in [2.24, 2.45) is 10.1 Å². The maximum Gasteiger partial charge on any atom is 0.276 e. The average Bonchev–Trinajstić information content (AvgIpc) is 2.82. The van der Waals surface area contributed by atoms with Gasteiger partial charge in [0.1, 0.15) is 5.70 Å². The number of amides is 1. The first kappa shape index (κ1) is 20.3. The molecule has 32 heavy (non-hydrogen) atoms. The molecule has 7 heteroatoms. The van der Waals surface area contributed by atoms with Crippen molar-refractivity contribution in [2.45, 2.75) is 11.9 Å². The van der Waals surface area contributed by atoms with Crippen molar-refractivity contribution in [1.82, 2.24) is 10.3 Å². The van der Waals surface area contributed by atoms with E-state index in [0.29, 0.717) is 10.9 Å². The molecule has 0 saturated carbocycles. The maximum absolute atomic E-state index is 13.2. The number of amidine groups is 1. The highest BCUT2D eigenvalue weighted by Crippen LogP contribution is 2.31. The third kappa shape index (κ3) is 3.87. The Hall–Kier alpha value is -3.58. The summed E-state index contributed by atoms with van der Waals surface area (Å²) in [5, 5.41) is 11.7. The smallest absolute Gasteiger partial charge is 0.276 e. The number of nitrogens with zero attached hydrogens (tertiary/aromatic N) is 4. The van der Waals surface area contributed by atoms with Gasteiger partial charge in [0.2, 0.25) is 0 Å². The van der Waals surface area contributed by atoms with Gasteiger partial charge in [-0.15, -0.1) is 5.10 Å². The van der Waals surface area contributed by atoms with Gasteiger partial charge in [0.05, 0.1) is 5.36 Å². The molecular weight excluding hydrogens is 418 g/mol. The summed E-state index contributed by atoms with van der Waals surface area (Å²) in [5.74, 6) is 0.562. The molecule has 3 aromatic rings. The molecule has 6 nitrogen and oxygen atoms in total. The summed E-state index contributed by atoms with van der Waals surface area (Å²) in [6.45, 7) is 0. The van der Waals surface area contributed by atoms with Crippen LogP contribution in [-0.2, 0) is 10.5 Å². The van der Waals surface area contributed by atoms with Crippen LogP contribution < -0.4 is 20.8 Å². The fourth-order valence-corrected chi connectivity index (χ4v) is 4.59. The number of fused-ring (bicyclic) bond motifs is 2. The largest absolute Gasteiger partial charge is 0.378 e. The number of hydrazone groups is 1. The zero-order valence-corrected chi connectivity index (χ0v) is 18.7. The molecule has 0 bridgehead atoms. The molecule has 0 saturated heterocycles. The van der Waals surface area contributed by atoms with Crippen molar-refractivity contribution in [3.63, 3.8) is 0 Å². The van der Waals surface area contributed by atoms with Gasteiger partial charge in [-0.1, -0.05) is 72.4 Å². The first-order valence-corrected chi connectivity index (χ1v) is 11.4. The lowest BCUT2D eigenvalue weighted by atomic mass is 10.1. The number of rotatable bonds is 4. The number of hydrogen-bond acceptors (Lipinski definition) is 6. The molecule has 0 aliphatic carbocycles. The van der Waals surface area contributed by atoms with Gasteiger partial charge >= 0.3 is 0 Å². The van der Waals surface area contributed by atoms with Gasteiger partial charge in [-0.05, 0) is 29.3 Å². The Morgan fingerprint density at radius 2 is 1.69 bits per heavy atom. The van der Waals surface area contributed by atoms with Gasteiger partial charge in [-0.25, -0.2) is 5.01 Å². The quantitative estimate of drug-likeness (QED) is 0.677. The molecule has 1 atom stereocenters. The lowest BCUT2D eigenvalue weighted by molar-refractivity contribution is -0.116. The number of anilines is 1. The van der Waals surface area contributed by atoms with Crippen molar-refractivity contribution >= 4 is 34.2 Å². The van der Waals surface area contributed by atoms with Crippen molar-refractivity contribution in [3.8, 4) is 0 Å². The highest BCUT2D eigenvalue weighted by Gasteiger charge is 2.34. The molecule has 0 radical (unpaired) electrons. The fourth-order valence-electron chi connectivity index (χ4n) is 3.78. The Morgan fingerprint density at radius 1 is 0.969 bits per heavy atom. The molecule has 1 amide bonds. The zero-order chi connectivity index (χ0) is 22.1. The summed E-state index contributed by atoms with van der Waals surface area (Å²) in [7, 11) is 4.02. The van der Waals surface area contributed by atoms with Crippen LogP contribution in [0.3, 0.4) is 0 Å². The van der Waals surface area contributed by atoms with Crippen LogP contribution in [-0.4, -0.2) is 30.2 Å². The van der Waals surface area contributed by atoms with E-state index in [1.165, 1.54) is 17.3 Å². The Bertz CT molecular complexity index is 1300. The van der Waals surface area contributed by atoms with Crippen LogP contribution in [0.1, 0.15) is 17.3 Å². The Kier molecular flexibility index (Phi) is 5.41. The molecule has 0 aromatic heterocycles. The summed E-state index contributed by atoms with van der Waals surface area (Å²) in [6.07, 6.45) is -0.408. The first-order valence-electron chi connectivity index (χ1n) is 10.4. The van der Waals surface area contributed by atoms with Crippen molar-refractivity contribution in [1.29, 1.82) is 0 Å². The molecule has 2 aliphatic rings. The number of thioether (sulfide) groups is 1. The Morgan fingerprint density at radius 3 is 2.44 bits per heavy atom. The molecule has 2 aliphatic heterocycles. The van der Waals surface area contributed by atoms with Crippen LogP contribution in [0, 0.1) is 0 Å². The van der Waals surface area contributed by atoms with E-state index in [1.54, 1.807) is 5.01 Å². The molecule has 0 fully saturated rings. The summed E-state index contributed by atoms with van der Waals surface area (Å²) >= 11 is 1.51. The highest BCUT2D eigenvalue weighted by atomic mass is 32.2. The second kappa shape index (κ2) is 8.51. The van der Waals surface area contributed by atoms with E-state index in [0.717, 1.165) is 27.6 Å². The zero-order valence-electron chi connectivity index (χ0n) is 17.9. The van der Waals surface area contributed by atoms with E-state index in [1.807, 2.05) is 68.7 Å². The van der Waals surface area contributed by atoms with Gasteiger partial charge in [0, 0.05) is 30.8 Å². The Balaban J connectivity index is 1.55. The minimum absolute atomic E-state index is 0.159. The van der Waals surface area contributed by atoms with Crippen LogP contribution in [0.2, 0.25) is 0 Å². The predicted octanol–water partition coefficient (Wildman–Crippen LogP) is 2.83. The predicted molar refractivity (Wildman–Crippen MR) is 129 cm³/mol. The summed E-state index contributed by atoms with van der Waals surface area (Å²) < 4.78 is 0. The van der Waals surface area contributed by atoms with Gasteiger partial charge < -0.3 is 4.90 Å². The molecule has 160 valence electrons. The van der Waals surface area contributed by atoms with E-state index in [2.05, 4.69) is 34.5 Å². The van der Waals surface area contributed by atoms with Crippen molar-refractivity contribution in [2.75, 3.05) is 19.0 Å². The Labute approximate surface area is 191 Å². The normalized spacial score (nSPS) is 17.0. The van der Waals surface area contributed by atoms with Crippen LogP contribution in [0.4, 0.5) is 5.69 Å². The highest BCUT2D eigenvalue weighted by molar-refractivity contribution is 8.13. The second-order valence-electron chi connectivity index (χ2n) is 7.83. The van der Waals surface area contributed by atoms with Crippen LogP contribution in [0.25, 0.3) is 5.70 Å². The monoisotopic (exact) mass is 441 g/mol. The molecule has 3 aromatic carbocycles. The number of carbonyl (C=O) groups excluding carboxylic acids is 1. The van der Waals surface area contributed by atoms with E-state index in [-0.39, 0.29) is 5.91 Å². The molecule has 2 heterocycles. The average molecular weight is 442 g/mol. The third-order valence-corrected chi connectivity index (χ3v) is 6.38. The summed E-state index contributed by atoms with van der Waals surface area (Å²) in [6, 6.07) is 26.1. The van der Waals surface area contributed by atoms with E-state index >= 15 is 0 Å². The third-order valence-electron chi connectivity index (χ3n) is 5.44.